The summed E-state index contributed by atoms with van der Waals surface area (Å²) in [7, 11) is 1.95. The number of fused-ring (bicyclic) bond motifs is 1. The first-order valence-electron chi connectivity index (χ1n) is 6.98. The van der Waals surface area contributed by atoms with Crippen LogP contribution in [0.25, 0.3) is 11.1 Å². The number of benzene rings is 2. The highest BCUT2D eigenvalue weighted by Gasteiger charge is 2.13. The van der Waals surface area contributed by atoms with Crippen LogP contribution >= 0.6 is 0 Å². The van der Waals surface area contributed by atoms with Gasteiger partial charge in [0.2, 0.25) is 5.89 Å². The van der Waals surface area contributed by atoms with Crippen LogP contribution in [0.5, 0.6) is 0 Å². The van der Waals surface area contributed by atoms with Crippen LogP contribution in [-0.2, 0) is 6.54 Å². The van der Waals surface area contributed by atoms with E-state index in [1.165, 1.54) is 0 Å². The summed E-state index contributed by atoms with van der Waals surface area (Å²) in [6, 6.07) is 17.4. The second kappa shape index (κ2) is 6.08. The maximum Gasteiger partial charge on any atom is 0.209 e. The molecule has 0 amide bonds. The Morgan fingerprint density at radius 2 is 1.81 bits per heavy atom. The molecule has 3 rings (SSSR count). The number of aliphatic hydroxyl groups is 1. The Morgan fingerprint density at radius 1 is 1.10 bits per heavy atom. The van der Waals surface area contributed by atoms with Gasteiger partial charge in [0.15, 0.2) is 5.58 Å². The van der Waals surface area contributed by atoms with Crippen molar-refractivity contribution in [2.45, 2.75) is 12.6 Å². The van der Waals surface area contributed by atoms with Gasteiger partial charge in [-0.05, 0) is 24.7 Å². The normalized spacial score (nSPS) is 12.9. The first-order chi connectivity index (χ1) is 10.2. The first-order valence-corrected chi connectivity index (χ1v) is 6.98. The number of oxazole rings is 1. The van der Waals surface area contributed by atoms with Crippen molar-refractivity contribution in [1.82, 2.24) is 9.88 Å². The van der Waals surface area contributed by atoms with Crippen LogP contribution in [0.15, 0.2) is 59.0 Å². The van der Waals surface area contributed by atoms with E-state index < -0.39 is 6.10 Å². The van der Waals surface area contributed by atoms with Crippen molar-refractivity contribution in [3.63, 3.8) is 0 Å². The lowest BCUT2D eigenvalue weighted by Gasteiger charge is -2.19. The van der Waals surface area contributed by atoms with Gasteiger partial charge in [0.25, 0.3) is 0 Å². The van der Waals surface area contributed by atoms with Gasteiger partial charge in [-0.15, -0.1) is 0 Å². The van der Waals surface area contributed by atoms with E-state index in [2.05, 4.69) is 4.98 Å². The molecule has 4 nitrogen and oxygen atoms in total. The molecule has 0 fully saturated rings. The summed E-state index contributed by atoms with van der Waals surface area (Å²) in [4.78, 5) is 6.45. The Kier molecular flexibility index (Phi) is 3.99. The zero-order valence-corrected chi connectivity index (χ0v) is 11.9. The van der Waals surface area contributed by atoms with Gasteiger partial charge in [-0.3, -0.25) is 4.90 Å². The van der Waals surface area contributed by atoms with Gasteiger partial charge in [0.05, 0.1) is 12.6 Å². The average molecular weight is 282 g/mol. The summed E-state index contributed by atoms with van der Waals surface area (Å²) in [6.45, 7) is 1.10. The summed E-state index contributed by atoms with van der Waals surface area (Å²) < 4.78 is 5.69. The quantitative estimate of drug-likeness (QED) is 0.781. The van der Waals surface area contributed by atoms with E-state index in [9.17, 15) is 5.11 Å². The van der Waals surface area contributed by atoms with E-state index in [-0.39, 0.29) is 0 Å². The van der Waals surface area contributed by atoms with Crippen LogP contribution in [0.2, 0.25) is 0 Å². The Morgan fingerprint density at radius 3 is 2.57 bits per heavy atom. The van der Waals surface area contributed by atoms with Gasteiger partial charge in [-0.1, -0.05) is 42.5 Å². The van der Waals surface area contributed by atoms with Crippen molar-refractivity contribution in [1.29, 1.82) is 0 Å². The van der Waals surface area contributed by atoms with E-state index >= 15 is 0 Å². The summed E-state index contributed by atoms with van der Waals surface area (Å²) in [5.74, 6) is 0.666. The summed E-state index contributed by atoms with van der Waals surface area (Å²) in [5, 5.41) is 10.2. The second-order valence-corrected chi connectivity index (χ2v) is 5.20. The third-order valence-electron chi connectivity index (χ3n) is 3.41. The Balaban J connectivity index is 1.64. The fraction of sp³-hybridized carbons (Fsp3) is 0.235. The van der Waals surface area contributed by atoms with Gasteiger partial charge < -0.3 is 9.52 Å². The van der Waals surface area contributed by atoms with Crippen molar-refractivity contribution in [2.24, 2.45) is 0 Å². The first kappa shape index (κ1) is 13.8. The molecular weight excluding hydrogens is 264 g/mol. The number of hydrogen-bond acceptors (Lipinski definition) is 4. The van der Waals surface area contributed by atoms with Crippen molar-refractivity contribution in [3.8, 4) is 0 Å². The van der Waals surface area contributed by atoms with E-state index in [0.717, 1.165) is 16.7 Å². The molecule has 1 unspecified atom stereocenters. The molecule has 2 aromatic carbocycles. The van der Waals surface area contributed by atoms with E-state index in [1.807, 2.05) is 66.5 Å². The number of likely N-dealkylation sites (N-methyl/N-ethyl adjacent to an activating group) is 1. The smallest absolute Gasteiger partial charge is 0.209 e. The van der Waals surface area contributed by atoms with Crippen molar-refractivity contribution in [2.75, 3.05) is 13.6 Å². The highest BCUT2D eigenvalue weighted by Crippen LogP contribution is 2.17. The predicted octanol–water partition coefficient (Wildman–Crippen LogP) is 2.99. The summed E-state index contributed by atoms with van der Waals surface area (Å²) in [5.41, 5.74) is 2.58. The van der Waals surface area contributed by atoms with Gasteiger partial charge in [-0.2, -0.15) is 0 Å². The van der Waals surface area contributed by atoms with Crippen LogP contribution < -0.4 is 0 Å². The highest BCUT2D eigenvalue weighted by molar-refractivity contribution is 5.72. The number of aromatic nitrogens is 1. The van der Waals surface area contributed by atoms with Crippen LogP contribution in [0.4, 0.5) is 0 Å². The van der Waals surface area contributed by atoms with Crippen LogP contribution in [0, 0.1) is 0 Å². The Bertz CT molecular complexity index is 676. The maximum absolute atomic E-state index is 10.2. The molecule has 108 valence electrons. The van der Waals surface area contributed by atoms with Crippen LogP contribution in [0.3, 0.4) is 0 Å². The van der Waals surface area contributed by atoms with Gasteiger partial charge >= 0.3 is 0 Å². The molecule has 1 heterocycles. The minimum Gasteiger partial charge on any atom is -0.439 e. The average Bonchev–Trinajstić information content (AvgIpc) is 2.90. The van der Waals surface area contributed by atoms with Gasteiger partial charge in [0.1, 0.15) is 5.52 Å². The molecule has 0 bridgehead atoms. The van der Waals surface area contributed by atoms with Crippen molar-refractivity contribution >= 4 is 11.1 Å². The third kappa shape index (κ3) is 3.29. The number of rotatable bonds is 5. The number of hydrogen-bond donors (Lipinski definition) is 1. The van der Waals surface area contributed by atoms with Crippen LogP contribution in [-0.4, -0.2) is 28.6 Å². The monoisotopic (exact) mass is 282 g/mol. The van der Waals surface area contributed by atoms with Crippen LogP contribution in [0.1, 0.15) is 17.6 Å². The lowest BCUT2D eigenvalue weighted by atomic mass is 10.1. The number of nitrogens with zero attached hydrogens (tertiary/aromatic N) is 2. The van der Waals surface area contributed by atoms with Crippen molar-refractivity contribution in [3.05, 3.63) is 66.1 Å². The summed E-state index contributed by atoms with van der Waals surface area (Å²) in [6.07, 6.45) is -0.513. The lowest BCUT2D eigenvalue weighted by Crippen LogP contribution is -2.24. The lowest BCUT2D eigenvalue weighted by molar-refractivity contribution is 0.119. The Hall–Kier alpha value is -2.17. The molecule has 1 atom stereocenters. The molecule has 21 heavy (non-hydrogen) atoms. The van der Waals surface area contributed by atoms with E-state index in [1.54, 1.807) is 0 Å². The fourth-order valence-electron chi connectivity index (χ4n) is 2.36. The topological polar surface area (TPSA) is 49.5 Å². The molecule has 3 aromatic rings. The largest absolute Gasteiger partial charge is 0.439 e. The number of aliphatic hydroxyl groups excluding tert-OH is 1. The molecule has 1 aromatic heterocycles. The zero-order valence-electron chi connectivity index (χ0n) is 11.9. The van der Waals surface area contributed by atoms with Gasteiger partial charge in [-0.25, -0.2) is 4.98 Å². The molecule has 0 radical (unpaired) electrons. The molecule has 0 aliphatic rings. The van der Waals surface area contributed by atoms with E-state index in [0.29, 0.717) is 19.0 Å². The molecule has 0 aliphatic heterocycles. The molecular formula is C17H18N2O2. The zero-order chi connectivity index (χ0) is 14.7. The minimum absolute atomic E-state index is 0.513. The predicted molar refractivity (Wildman–Crippen MR) is 81.7 cm³/mol. The highest BCUT2D eigenvalue weighted by atomic mass is 16.3. The molecule has 0 saturated heterocycles. The summed E-state index contributed by atoms with van der Waals surface area (Å²) >= 11 is 0. The molecule has 0 aliphatic carbocycles. The van der Waals surface area contributed by atoms with Crippen molar-refractivity contribution < 1.29 is 9.52 Å². The van der Waals surface area contributed by atoms with E-state index in [4.69, 9.17) is 4.42 Å². The maximum atomic E-state index is 10.2. The number of para-hydroxylation sites is 2. The standard InChI is InChI=1S/C17H18N2O2/c1-19(11-15(20)13-7-3-2-4-8-13)12-17-18-14-9-5-6-10-16(14)21-17/h2-10,15,20H,11-12H2,1H3. The molecule has 0 spiro atoms. The third-order valence-corrected chi connectivity index (χ3v) is 3.41. The fourth-order valence-corrected chi connectivity index (χ4v) is 2.36. The van der Waals surface area contributed by atoms with Gasteiger partial charge in [0, 0.05) is 6.54 Å². The molecule has 0 saturated carbocycles. The Labute approximate surface area is 123 Å². The minimum atomic E-state index is -0.513. The molecule has 4 heteroatoms. The molecule has 1 N–H and O–H groups in total. The second-order valence-electron chi connectivity index (χ2n) is 5.20. The SMILES string of the molecule is CN(Cc1nc2ccccc2o1)CC(O)c1ccccc1.